The molecule has 0 N–H and O–H groups in total. The minimum absolute atomic E-state index is 0.102. The molecule has 1 fully saturated rings. The minimum atomic E-state index is -3.87. The third-order valence-corrected chi connectivity index (χ3v) is 6.48. The fourth-order valence-electron chi connectivity index (χ4n) is 3.07. The number of rotatable bonds is 4. The third-order valence-electron chi connectivity index (χ3n) is 4.23. The standard InChI is InChI=1S/C18H19BrN2O3S/c1-13(2)21-17(14-7-6-8-15(19)11-14)12-20(18(21)22)25(23,24)16-9-4-3-5-10-16/h3-11,13,17H,12H2,1-2H3. The lowest BCUT2D eigenvalue weighted by atomic mass is 10.1. The Hall–Kier alpha value is -1.86. The summed E-state index contributed by atoms with van der Waals surface area (Å²) < 4.78 is 27.7. The highest BCUT2D eigenvalue weighted by Gasteiger charge is 2.45. The first-order valence-corrected chi connectivity index (χ1v) is 10.2. The zero-order chi connectivity index (χ0) is 18.2. The number of amides is 2. The quantitative estimate of drug-likeness (QED) is 0.747. The topological polar surface area (TPSA) is 57.7 Å². The van der Waals surface area contributed by atoms with Crippen LogP contribution in [-0.2, 0) is 10.0 Å². The molecule has 2 aromatic carbocycles. The van der Waals surface area contributed by atoms with Gasteiger partial charge in [0.05, 0.1) is 17.5 Å². The maximum Gasteiger partial charge on any atom is 0.334 e. The molecule has 2 amide bonds. The molecule has 25 heavy (non-hydrogen) atoms. The third kappa shape index (κ3) is 3.30. The van der Waals surface area contributed by atoms with Crippen LogP contribution >= 0.6 is 15.9 Å². The van der Waals surface area contributed by atoms with Crippen LogP contribution in [-0.4, -0.2) is 36.2 Å². The minimum Gasteiger partial charge on any atom is -0.312 e. The monoisotopic (exact) mass is 422 g/mol. The summed E-state index contributed by atoms with van der Waals surface area (Å²) in [6.45, 7) is 3.88. The Labute approximate surface area is 156 Å². The summed E-state index contributed by atoms with van der Waals surface area (Å²) in [6.07, 6.45) is 0. The summed E-state index contributed by atoms with van der Waals surface area (Å²) in [5.41, 5.74) is 0.905. The largest absolute Gasteiger partial charge is 0.334 e. The van der Waals surface area contributed by atoms with E-state index in [0.717, 1.165) is 14.3 Å². The normalized spacial score (nSPS) is 18.2. The van der Waals surface area contributed by atoms with E-state index in [4.69, 9.17) is 0 Å². The van der Waals surface area contributed by atoms with Gasteiger partial charge in [0.25, 0.3) is 10.0 Å². The molecule has 1 unspecified atom stereocenters. The molecule has 7 heteroatoms. The fourth-order valence-corrected chi connectivity index (χ4v) is 4.88. The molecule has 5 nitrogen and oxygen atoms in total. The van der Waals surface area contributed by atoms with Gasteiger partial charge in [-0.3, -0.25) is 0 Å². The number of benzene rings is 2. The van der Waals surface area contributed by atoms with E-state index in [1.807, 2.05) is 38.1 Å². The summed E-state index contributed by atoms with van der Waals surface area (Å²) in [6, 6.07) is 14.8. The molecule has 3 rings (SSSR count). The van der Waals surface area contributed by atoms with Gasteiger partial charge in [-0.15, -0.1) is 0 Å². The molecule has 0 radical (unpaired) electrons. The number of hydrogen-bond donors (Lipinski definition) is 0. The van der Waals surface area contributed by atoms with Gasteiger partial charge in [-0.25, -0.2) is 17.5 Å². The summed E-state index contributed by atoms with van der Waals surface area (Å²) in [5.74, 6) is 0. The van der Waals surface area contributed by atoms with Crippen LogP contribution < -0.4 is 0 Å². The van der Waals surface area contributed by atoms with E-state index in [-0.39, 0.29) is 23.5 Å². The molecule has 0 aliphatic carbocycles. The zero-order valence-electron chi connectivity index (χ0n) is 14.0. The first kappa shape index (κ1) is 17.9. The molecular weight excluding hydrogens is 404 g/mol. The molecule has 0 aromatic heterocycles. The molecule has 2 aromatic rings. The van der Waals surface area contributed by atoms with Crippen molar-refractivity contribution < 1.29 is 13.2 Å². The number of sulfonamides is 1. The van der Waals surface area contributed by atoms with Crippen LogP contribution in [0, 0.1) is 0 Å². The van der Waals surface area contributed by atoms with Crippen LogP contribution in [0.1, 0.15) is 25.5 Å². The first-order valence-electron chi connectivity index (χ1n) is 7.98. The predicted octanol–water partition coefficient (Wildman–Crippen LogP) is 4.03. The Morgan fingerprint density at radius 1 is 1.08 bits per heavy atom. The van der Waals surface area contributed by atoms with Crippen molar-refractivity contribution in [3.05, 3.63) is 64.6 Å². The summed E-state index contributed by atoms with van der Waals surface area (Å²) in [5, 5.41) is 0. The smallest absolute Gasteiger partial charge is 0.312 e. The predicted molar refractivity (Wildman–Crippen MR) is 99.6 cm³/mol. The van der Waals surface area contributed by atoms with E-state index >= 15 is 0 Å². The van der Waals surface area contributed by atoms with Gasteiger partial charge in [0.1, 0.15) is 0 Å². The maximum atomic E-state index is 12.9. The number of carbonyl (C=O) groups excluding carboxylic acids is 1. The lowest BCUT2D eigenvalue weighted by molar-refractivity contribution is 0.181. The van der Waals surface area contributed by atoms with Crippen molar-refractivity contribution in [2.75, 3.05) is 6.54 Å². The summed E-state index contributed by atoms with van der Waals surface area (Å²) in [4.78, 5) is 14.7. The SMILES string of the molecule is CC(C)N1C(=O)N(S(=O)(=O)c2ccccc2)CC1c1cccc(Br)c1. The Morgan fingerprint density at radius 2 is 1.76 bits per heavy atom. The van der Waals surface area contributed by atoms with Crippen molar-refractivity contribution in [2.24, 2.45) is 0 Å². The van der Waals surface area contributed by atoms with E-state index in [2.05, 4.69) is 15.9 Å². The van der Waals surface area contributed by atoms with Gasteiger partial charge >= 0.3 is 6.03 Å². The Balaban J connectivity index is 2.02. The lowest BCUT2D eigenvalue weighted by Crippen LogP contribution is -2.39. The van der Waals surface area contributed by atoms with Gasteiger partial charge < -0.3 is 4.90 Å². The molecule has 0 saturated carbocycles. The second-order valence-corrected chi connectivity index (χ2v) is 8.98. The highest BCUT2D eigenvalue weighted by atomic mass is 79.9. The fraction of sp³-hybridized carbons (Fsp3) is 0.278. The Bertz CT molecular complexity index is 884. The van der Waals surface area contributed by atoms with E-state index in [1.54, 1.807) is 23.1 Å². The molecule has 1 saturated heterocycles. The van der Waals surface area contributed by atoms with Gasteiger partial charge in [-0.05, 0) is 43.7 Å². The molecule has 132 valence electrons. The number of nitrogens with zero attached hydrogens (tertiary/aromatic N) is 2. The van der Waals surface area contributed by atoms with E-state index in [1.165, 1.54) is 12.1 Å². The second-order valence-electron chi connectivity index (χ2n) is 6.20. The molecule has 1 aliphatic heterocycles. The highest BCUT2D eigenvalue weighted by Crippen LogP contribution is 2.35. The van der Waals surface area contributed by atoms with Gasteiger partial charge in [0, 0.05) is 10.5 Å². The van der Waals surface area contributed by atoms with Crippen molar-refractivity contribution in [3.63, 3.8) is 0 Å². The van der Waals surface area contributed by atoms with Gasteiger partial charge in [0.15, 0.2) is 0 Å². The molecule has 1 heterocycles. The van der Waals surface area contributed by atoms with Gasteiger partial charge in [-0.2, -0.15) is 0 Å². The van der Waals surface area contributed by atoms with Crippen molar-refractivity contribution >= 4 is 32.0 Å². The average molecular weight is 423 g/mol. The highest BCUT2D eigenvalue weighted by molar-refractivity contribution is 9.10. The molecule has 0 bridgehead atoms. The summed E-state index contributed by atoms with van der Waals surface area (Å²) >= 11 is 3.44. The van der Waals surface area contributed by atoms with Gasteiger partial charge in [-0.1, -0.05) is 46.3 Å². The molecule has 1 aliphatic rings. The maximum absolute atomic E-state index is 12.9. The number of urea groups is 1. The summed E-state index contributed by atoms with van der Waals surface area (Å²) in [7, 11) is -3.87. The van der Waals surface area contributed by atoms with Crippen molar-refractivity contribution in [3.8, 4) is 0 Å². The van der Waals surface area contributed by atoms with Crippen LogP contribution in [0.4, 0.5) is 4.79 Å². The van der Waals surface area contributed by atoms with E-state index < -0.39 is 16.1 Å². The van der Waals surface area contributed by atoms with E-state index in [0.29, 0.717) is 0 Å². The Morgan fingerprint density at radius 3 is 2.36 bits per heavy atom. The van der Waals surface area contributed by atoms with Gasteiger partial charge in [0.2, 0.25) is 0 Å². The average Bonchev–Trinajstić information content (AvgIpc) is 2.94. The molecular formula is C18H19BrN2O3S. The Kier molecular flexibility index (Phi) is 4.88. The van der Waals surface area contributed by atoms with Crippen LogP contribution in [0.3, 0.4) is 0 Å². The van der Waals surface area contributed by atoms with Crippen LogP contribution in [0.25, 0.3) is 0 Å². The first-order chi connectivity index (χ1) is 11.8. The van der Waals surface area contributed by atoms with E-state index in [9.17, 15) is 13.2 Å². The number of halogens is 1. The molecule has 1 atom stereocenters. The molecule has 0 spiro atoms. The van der Waals surface area contributed by atoms with Crippen LogP contribution in [0.2, 0.25) is 0 Å². The van der Waals surface area contributed by atoms with Crippen molar-refractivity contribution in [1.29, 1.82) is 0 Å². The number of carbonyl (C=O) groups is 1. The van der Waals surface area contributed by atoms with Crippen LogP contribution in [0.15, 0.2) is 64.0 Å². The second kappa shape index (κ2) is 6.80. The zero-order valence-corrected chi connectivity index (χ0v) is 16.4. The van der Waals surface area contributed by atoms with Crippen molar-refractivity contribution in [2.45, 2.75) is 30.8 Å². The van der Waals surface area contributed by atoms with Crippen molar-refractivity contribution in [1.82, 2.24) is 9.21 Å². The number of hydrogen-bond acceptors (Lipinski definition) is 3. The lowest BCUT2D eigenvalue weighted by Gasteiger charge is -2.27. The van der Waals surface area contributed by atoms with Crippen LogP contribution in [0.5, 0.6) is 0 Å².